The van der Waals surface area contributed by atoms with Gasteiger partial charge in [-0.05, 0) is 42.0 Å². The predicted octanol–water partition coefficient (Wildman–Crippen LogP) is 2.18. The molecule has 0 aromatic heterocycles. The third-order valence-corrected chi connectivity index (χ3v) is 2.94. The fraction of sp³-hybridized carbons (Fsp3) is 0.0625. The summed E-state index contributed by atoms with van der Waals surface area (Å²) in [5, 5.41) is 0. The lowest BCUT2D eigenvalue weighted by atomic mass is 10.1. The van der Waals surface area contributed by atoms with E-state index >= 15 is 0 Å². The van der Waals surface area contributed by atoms with Crippen LogP contribution in [0.5, 0.6) is 5.75 Å². The van der Waals surface area contributed by atoms with E-state index in [1.54, 1.807) is 43.5 Å². The zero-order chi connectivity index (χ0) is 15.2. The molecule has 0 heterocycles. The second-order valence-corrected chi connectivity index (χ2v) is 4.41. The highest BCUT2D eigenvalue weighted by Gasteiger charge is 2.06. The van der Waals surface area contributed by atoms with Crippen molar-refractivity contribution in [1.29, 1.82) is 0 Å². The van der Waals surface area contributed by atoms with Gasteiger partial charge < -0.3 is 10.5 Å². The van der Waals surface area contributed by atoms with Crippen molar-refractivity contribution < 1.29 is 9.53 Å². The Labute approximate surface area is 123 Å². The van der Waals surface area contributed by atoms with Crippen LogP contribution in [0.1, 0.15) is 15.9 Å². The molecule has 0 fully saturated rings. The number of rotatable bonds is 5. The molecule has 5 nitrogen and oxygen atoms in total. The lowest BCUT2D eigenvalue weighted by molar-refractivity contribution is 0.0942. The molecule has 108 valence electrons. The van der Waals surface area contributed by atoms with Crippen LogP contribution in [0.4, 0.5) is 5.69 Å². The van der Waals surface area contributed by atoms with Gasteiger partial charge in [0.25, 0.3) is 5.91 Å². The van der Waals surface area contributed by atoms with E-state index in [1.165, 1.54) is 0 Å². The summed E-state index contributed by atoms with van der Waals surface area (Å²) in [5.41, 5.74) is 13.6. The van der Waals surface area contributed by atoms with Crippen LogP contribution >= 0.6 is 0 Å². The van der Waals surface area contributed by atoms with Crippen LogP contribution in [0.2, 0.25) is 0 Å². The Hall–Kier alpha value is -2.95. The van der Waals surface area contributed by atoms with Crippen LogP contribution in [0.3, 0.4) is 0 Å². The van der Waals surface area contributed by atoms with Gasteiger partial charge in [0.2, 0.25) is 0 Å². The van der Waals surface area contributed by atoms with Gasteiger partial charge in [0, 0.05) is 11.3 Å². The molecular weight excluding hydrogens is 266 g/mol. The molecule has 2 aromatic carbocycles. The van der Waals surface area contributed by atoms with Crippen LogP contribution in [-0.2, 0) is 0 Å². The van der Waals surface area contributed by atoms with Gasteiger partial charge in [-0.15, -0.1) is 0 Å². The van der Waals surface area contributed by atoms with Crippen molar-refractivity contribution in [3.63, 3.8) is 0 Å². The van der Waals surface area contributed by atoms with E-state index in [9.17, 15) is 4.79 Å². The van der Waals surface area contributed by atoms with E-state index in [1.807, 2.05) is 12.1 Å². The number of nitrogens with two attached hydrogens (primary N) is 1. The van der Waals surface area contributed by atoms with Gasteiger partial charge in [0.1, 0.15) is 5.75 Å². The Bertz CT molecular complexity index is 634. The van der Waals surface area contributed by atoms with E-state index in [2.05, 4.69) is 17.4 Å². The maximum Gasteiger partial charge on any atom is 0.269 e. The number of hydrogen-bond donors (Lipinski definition) is 3. The minimum atomic E-state index is -0.255. The highest BCUT2D eigenvalue weighted by molar-refractivity contribution is 5.94. The quantitative estimate of drug-likeness (QED) is 0.580. The molecule has 0 saturated carbocycles. The summed E-state index contributed by atoms with van der Waals surface area (Å²) in [6.45, 7) is 3.86. The Morgan fingerprint density at radius 3 is 2.14 bits per heavy atom. The summed E-state index contributed by atoms with van der Waals surface area (Å²) in [5.74, 6) is 0.444. The number of hydrazine groups is 1. The molecule has 0 spiro atoms. The number of amides is 1. The number of carbonyl (C=O) groups is 1. The number of carbonyl (C=O) groups excluding carboxylic acids is 1. The van der Waals surface area contributed by atoms with Crippen molar-refractivity contribution in [2.24, 2.45) is 0 Å². The highest BCUT2D eigenvalue weighted by atomic mass is 16.5. The summed E-state index contributed by atoms with van der Waals surface area (Å²) >= 11 is 0. The minimum Gasteiger partial charge on any atom is -0.497 e. The smallest absolute Gasteiger partial charge is 0.269 e. The van der Waals surface area contributed by atoms with Crippen LogP contribution in [0.15, 0.2) is 55.1 Å². The van der Waals surface area contributed by atoms with Crippen molar-refractivity contribution in [1.82, 2.24) is 10.9 Å². The van der Waals surface area contributed by atoms with E-state index in [4.69, 9.17) is 10.5 Å². The number of hydrogen-bond acceptors (Lipinski definition) is 4. The highest BCUT2D eigenvalue weighted by Crippen LogP contribution is 2.12. The normalized spacial score (nSPS) is 9.76. The molecule has 0 unspecified atom stereocenters. The van der Waals surface area contributed by atoms with E-state index in [0.29, 0.717) is 22.7 Å². The SMILES string of the molecule is C=C(NNC(=O)c1ccc(OC)cc1)c1ccc(N)cc1. The lowest BCUT2D eigenvalue weighted by Gasteiger charge is -2.11. The molecule has 5 heteroatoms. The zero-order valence-electron chi connectivity index (χ0n) is 11.7. The molecular formula is C16H17N3O2. The molecule has 0 aliphatic heterocycles. The van der Waals surface area contributed by atoms with Crippen molar-refractivity contribution in [3.05, 3.63) is 66.2 Å². The van der Waals surface area contributed by atoms with Gasteiger partial charge in [-0.1, -0.05) is 18.7 Å². The molecule has 2 rings (SSSR count). The first-order valence-corrected chi connectivity index (χ1v) is 6.35. The molecule has 0 atom stereocenters. The van der Waals surface area contributed by atoms with Crippen LogP contribution in [0, 0.1) is 0 Å². The van der Waals surface area contributed by atoms with Gasteiger partial charge in [-0.3, -0.25) is 15.6 Å². The average Bonchev–Trinajstić information content (AvgIpc) is 2.53. The molecule has 0 aliphatic carbocycles. The minimum absolute atomic E-state index is 0.255. The molecule has 0 bridgehead atoms. The summed E-state index contributed by atoms with van der Waals surface area (Å²) in [4.78, 5) is 12.0. The maximum atomic E-state index is 12.0. The second kappa shape index (κ2) is 6.47. The standard InChI is InChI=1S/C16H17N3O2/c1-11(12-3-7-14(17)8-4-12)18-19-16(20)13-5-9-15(21-2)10-6-13/h3-10,18H,1,17H2,2H3,(H,19,20). The number of nitrogens with one attached hydrogen (secondary N) is 2. The molecule has 0 aliphatic rings. The van der Waals surface area contributed by atoms with Crippen LogP contribution < -0.4 is 21.3 Å². The second-order valence-electron chi connectivity index (χ2n) is 4.41. The monoisotopic (exact) mass is 283 g/mol. The first-order chi connectivity index (χ1) is 10.1. The molecule has 4 N–H and O–H groups in total. The Kier molecular flexibility index (Phi) is 4.46. The van der Waals surface area contributed by atoms with Gasteiger partial charge in [0.05, 0.1) is 12.8 Å². The molecule has 0 saturated heterocycles. The zero-order valence-corrected chi connectivity index (χ0v) is 11.7. The molecule has 21 heavy (non-hydrogen) atoms. The Morgan fingerprint density at radius 2 is 1.57 bits per heavy atom. The largest absolute Gasteiger partial charge is 0.497 e. The van der Waals surface area contributed by atoms with Crippen molar-refractivity contribution in [2.75, 3.05) is 12.8 Å². The first-order valence-electron chi connectivity index (χ1n) is 6.35. The number of anilines is 1. The summed E-state index contributed by atoms with van der Waals surface area (Å²) in [6.07, 6.45) is 0. The Balaban J connectivity index is 1.93. The molecule has 1 amide bonds. The van der Waals surface area contributed by atoms with Crippen LogP contribution in [-0.4, -0.2) is 13.0 Å². The summed E-state index contributed by atoms with van der Waals surface area (Å²) in [7, 11) is 1.58. The maximum absolute atomic E-state index is 12.0. The lowest BCUT2D eigenvalue weighted by Crippen LogP contribution is -2.35. The van der Waals surface area contributed by atoms with E-state index in [0.717, 1.165) is 5.56 Å². The summed E-state index contributed by atoms with van der Waals surface area (Å²) < 4.78 is 5.04. The number of ether oxygens (including phenoxy) is 1. The Morgan fingerprint density at radius 1 is 1.00 bits per heavy atom. The molecule has 0 radical (unpaired) electrons. The fourth-order valence-corrected chi connectivity index (χ4v) is 1.70. The first kappa shape index (κ1) is 14.5. The number of methoxy groups -OCH3 is 1. The van der Waals surface area contributed by atoms with Crippen molar-refractivity contribution in [3.8, 4) is 5.75 Å². The molecule has 2 aromatic rings. The number of nitrogen functional groups attached to an aromatic ring is 1. The number of benzene rings is 2. The fourth-order valence-electron chi connectivity index (χ4n) is 1.70. The van der Waals surface area contributed by atoms with Gasteiger partial charge in [0.15, 0.2) is 0 Å². The van der Waals surface area contributed by atoms with Gasteiger partial charge in [-0.2, -0.15) is 0 Å². The van der Waals surface area contributed by atoms with Gasteiger partial charge >= 0.3 is 0 Å². The van der Waals surface area contributed by atoms with E-state index in [-0.39, 0.29) is 5.91 Å². The predicted molar refractivity (Wildman–Crippen MR) is 83.5 cm³/mol. The third kappa shape index (κ3) is 3.76. The van der Waals surface area contributed by atoms with Crippen molar-refractivity contribution in [2.45, 2.75) is 0 Å². The summed E-state index contributed by atoms with van der Waals surface area (Å²) in [6, 6.07) is 14.0. The topological polar surface area (TPSA) is 76.4 Å². The van der Waals surface area contributed by atoms with Crippen LogP contribution in [0.25, 0.3) is 5.70 Å². The van der Waals surface area contributed by atoms with E-state index < -0.39 is 0 Å². The third-order valence-electron chi connectivity index (χ3n) is 2.94. The van der Waals surface area contributed by atoms with Crippen molar-refractivity contribution >= 4 is 17.3 Å². The van der Waals surface area contributed by atoms with Gasteiger partial charge in [-0.25, -0.2) is 0 Å². The average molecular weight is 283 g/mol.